The maximum absolute atomic E-state index is 13.3. The summed E-state index contributed by atoms with van der Waals surface area (Å²) in [4.78, 5) is 11.6. The van der Waals surface area contributed by atoms with Gasteiger partial charge in [0, 0.05) is 23.1 Å². The predicted octanol–water partition coefficient (Wildman–Crippen LogP) is 3.20. The van der Waals surface area contributed by atoms with Gasteiger partial charge in [0.1, 0.15) is 5.82 Å². The van der Waals surface area contributed by atoms with Gasteiger partial charge in [-0.25, -0.2) is 9.18 Å². The van der Waals surface area contributed by atoms with E-state index in [0.29, 0.717) is 16.9 Å². The zero-order valence-electron chi connectivity index (χ0n) is 10.6. The van der Waals surface area contributed by atoms with Crippen molar-refractivity contribution in [3.05, 3.63) is 66.1 Å². The van der Waals surface area contributed by atoms with Crippen molar-refractivity contribution >= 4 is 23.5 Å². The molecule has 0 aliphatic rings. The van der Waals surface area contributed by atoms with E-state index in [0.717, 1.165) is 0 Å². The molecule has 0 fully saturated rings. The molecule has 0 bridgehead atoms. The standard InChI is InChI=1S/C15H14FN3O/c16-14-4-2-1-3-11(14)9-10-18-15(20)19-13-7-5-12(17)6-8-13/h1-10H,17H2,(H2,18,19,20)/b10-9+. The topological polar surface area (TPSA) is 67.1 Å². The molecule has 102 valence electrons. The first-order chi connectivity index (χ1) is 9.65. The van der Waals surface area contributed by atoms with Crippen molar-refractivity contribution in [2.24, 2.45) is 0 Å². The summed E-state index contributed by atoms with van der Waals surface area (Å²) in [6, 6.07) is 12.6. The van der Waals surface area contributed by atoms with Gasteiger partial charge in [-0.2, -0.15) is 0 Å². The van der Waals surface area contributed by atoms with E-state index in [9.17, 15) is 9.18 Å². The highest BCUT2D eigenvalue weighted by molar-refractivity contribution is 5.90. The molecule has 2 amide bonds. The summed E-state index contributed by atoms with van der Waals surface area (Å²) in [5.74, 6) is -0.343. The summed E-state index contributed by atoms with van der Waals surface area (Å²) in [6.45, 7) is 0. The molecule has 0 saturated heterocycles. The SMILES string of the molecule is Nc1ccc(NC(=O)N/C=C/c2ccccc2F)cc1. The largest absolute Gasteiger partial charge is 0.399 e. The van der Waals surface area contributed by atoms with Gasteiger partial charge < -0.3 is 16.4 Å². The van der Waals surface area contributed by atoms with E-state index in [2.05, 4.69) is 10.6 Å². The Bertz CT molecular complexity index is 623. The minimum atomic E-state index is -0.414. The van der Waals surface area contributed by atoms with E-state index in [1.165, 1.54) is 18.3 Å². The fraction of sp³-hybridized carbons (Fsp3) is 0. The molecule has 0 unspecified atom stereocenters. The van der Waals surface area contributed by atoms with E-state index in [-0.39, 0.29) is 5.82 Å². The Morgan fingerprint density at radius 3 is 2.50 bits per heavy atom. The number of amides is 2. The summed E-state index contributed by atoms with van der Waals surface area (Å²) < 4.78 is 13.3. The van der Waals surface area contributed by atoms with Crippen molar-refractivity contribution in [1.29, 1.82) is 0 Å². The molecule has 2 aromatic carbocycles. The number of hydrogen-bond donors (Lipinski definition) is 3. The number of carbonyl (C=O) groups excluding carboxylic acids is 1. The molecule has 4 N–H and O–H groups in total. The Labute approximate surface area is 116 Å². The molecule has 5 heteroatoms. The molecule has 2 aromatic rings. The number of hydrogen-bond acceptors (Lipinski definition) is 2. The average molecular weight is 271 g/mol. The molecule has 2 rings (SSSR count). The predicted molar refractivity (Wildman–Crippen MR) is 78.4 cm³/mol. The van der Waals surface area contributed by atoms with Crippen LogP contribution in [0.5, 0.6) is 0 Å². The number of nitrogens with two attached hydrogens (primary N) is 1. The van der Waals surface area contributed by atoms with Gasteiger partial charge in [-0.1, -0.05) is 18.2 Å². The van der Waals surface area contributed by atoms with Crippen LogP contribution in [0.15, 0.2) is 54.7 Å². The first-order valence-corrected chi connectivity index (χ1v) is 5.99. The minimum absolute atomic E-state index is 0.343. The molecule has 0 aromatic heterocycles. The van der Waals surface area contributed by atoms with E-state index in [1.807, 2.05) is 0 Å². The number of halogens is 1. The number of carbonyl (C=O) groups is 1. The van der Waals surface area contributed by atoms with Gasteiger partial charge in [-0.05, 0) is 36.4 Å². The van der Waals surface area contributed by atoms with Crippen molar-refractivity contribution in [2.75, 3.05) is 11.1 Å². The molecule has 0 heterocycles. The first kappa shape index (κ1) is 13.6. The second-order valence-corrected chi connectivity index (χ2v) is 4.08. The number of urea groups is 1. The number of anilines is 2. The first-order valence-electron chi connectivity index (χ1n) is 5.99. The Kier molecular flexibility index (Phi) is 4.34. The summed E-state index contributed by atoms with van der Waals surface area (Å²) in [5, 5.41) is 5.11. The Balaban J connectivity index is 1.89. The van der Waals surface area contributed by atoms with Crippen LogP contribution in [-0.2, 0) is 0 Å². The Morgan fingerprint density at radius 2 is 1.80 bits per heavy atom. The van der Waals surface area contributed by atoms with Crippen LogP contribution >= 0.6 is 0 Å². The molecule has 4 nitrogen and oxygen atoms in total. The van der Waals surface area contributed by atoms with Crippen LogP contribution in [0.2, 0.25) is 0 Å². The lowest BCUT2D eigenvalue weighted by atomic mass is 10.2. The third kappa shape index (κ3) is 3.84. The van der Waals surface area contributed by atoms with Gasteiger partial charge in [0.2, 0.25) is 0 Å². The maximum Gasteiger partial charge on any atom is 0.323 e. The van der Waals surface area contributed by atoms with E-state index in [1.54, 1.807) is 42.5 Å². The summed E-state index contributed by atoms with van der Waals surface area (Å²) in [5.41, 5.74) is 7.19. The third-order valence-corrected chi connectivity index (χ3v) is 2.55. The van der Waals surface area contributed by atoms with Crippen LogP contribution in [0.1, 0.15) is 5.56 Å². The Hall–Kier alpha value is -2.82. The maximum atomic E-state index is 13.3. The van der Waals surface area contributed by atoms with Gasteiger partial charge in [0.05, 0.1) is 0 Å². The summed E-state index contributed by atoms with van der Waals surface area (Å²) >= 11 is 0. The highest BCUT2D eigenvalue weighted by atomic mass is 19.1. The lowest BCUT2D eigenvalue weighted by molar-refractivity contribution is 0.255. The number of nitrogen functional groups attached to an aromatic ring is 1. The molecule has 0 saturated carbocycles. The average Bonchev–Trinajstić information content (AvgIpc) is 2.43. The van der Waals surface area contributed by atoms with E-state index >= 15 is 0 Å². The van der Waals surface area contributed by atoms with Crippen LogP contribution in [0.4, 0.5) is 20.6 Å². The smallest absolute Gasteiger partial charge is 0.323 e. The number of nitrogens with one attached hydrogen (secondary N) is 2. The summed E-state index contributed by atoms with van der Waals surface area (Å²) in [7, 11) is 0. The zero-order chi connectivity index (χ0) is 14.4. The fourth-order valence-electron chi connectivity index (χ4n) is 1.55. The van der Waals surface area contributed by atoms with Crippen molar-refractivity contribution in [3.63, 3.8) is 0 Å². The van der Waals surface area contributed by atoms with Crippen LogP contribution in [0, 0.1) is 5.82 Å². The van der Waals surface area contributed by atoms with Crippen LogP contribution in [-0.4, -0.2) is 6.03 Å². The molecular weight excluding hydrogens is 257 g/mol. The Morgan fingerprint density at radius 1 is 1.10 bits per heavy atom. The molecular formula is C15H14FN3O. The van der Waals surface area contributed by atoms with Crippen molar-refractivity contribution in [2.45, 2.75) is 0 Å². The lowest BCUT2D eigenvalue weighted by Crippen LogP contribution is -2.23. The van der Waals surface area contributed by atoms with Gasteiger partial charge in [-0.15, -0.1) is 0 Å². The highest BCUT2D eigenvalue weighted by Crippen LogP contribution is 2.10. The zero-order valence-corrected chi connectivity index (χ0v) is 10.6. The quantitative estimate of drug-likeness (QED) is 0.750. The highest BCUT2D eigenvalue weighted by Gasteiger charge is 1.99. The van der Waals surface area contributed by atoms with Gasteiger partial charge in [0.25, 0.3) is 0 Å². The number of rotatable bonds is 3. The molecule has 0 spiro atoms. The van der Waals surface area contributed by atoms with Crippen LogP contribution < -0.4 is 16.4 Å². The monoisotopic (exact) mass is 271 g/mol. The van der Waals surface area contributed by atoms with Gasteiger partial charge >= 0.3 is 6.03 Å². The van der Waals surface area contributed by atoms with Crippen molar-refractivity contribution in [3.8, 4) is 0 Å². The van der Waals surface area contributed by atoms with Crippen LogP contribution in [0.25, 0.3) is 6.08 Å². The van der Waals surface area contributed by atoms with Crippen molar-refractivity contribution in [1.82, 2.24) is 5.32 Å². The molecule has 20 heavy (non-hydrogen) atoms. The summed E-state index contributed by atoms with van der Waals surface area (Å²) in [6.07, 6.45) is 2.86. The molecule has 0 aliphatic heterocycles. The lowest BCUT2D eigenvalue weighted by Gasteiger charge is -2.04. The normalized spacial score (nSPS) is 10.4. The van der Waals surface area contributed by atoms with E-state index < -0.39 is 6.03 Å². The van der Waals surface area contributed by atoms with Crippen LogP contribution in [0.3, 0.4) is 0 Å². The molecule has 0 radical (unpaired) electrons. The minimum Gasteiger partial charge on any atom is -0.399 e. The van der Waals surface area contributed by atoms with Gasteiger partial charge in [-0.3, -0.25) is 0 Å². The second kappa shape index (κ2) is 6.38. The third-order valence-electron chi connectivity index (χ3n) is 2.55. The van der Waals surface area contributed by atoms with E-state index in [4.69, 9.17) is 5.73 Å². The van der Waals surface area contributed by atoms with Crippen molar-refractivity contribution < 1.29 is 9.18 Å². The molecule has 0 atom stereocenters. The second-order valence-electron chi connectivity index (χ2n) is 4.08. The molecule has 0 aliphatic carbocycles. The fourth-order valence-corrected chi connectivity index (χ4v) is 1.55. The van der Waals surface area contributed by atoms with Gasteiger partial charge in [0.15, 0.2) is 0 Å². The number of benzene rings is 2.